The van der Waals surface area contributed by atoms with Gasteiger partial charge in [-0.15, -0.1) is 0 Å². The Morgan fingerprint density at radius 2 is 2.17 bits per heavy atom. The lowest BCUT2D eigenvalue weighted by Crippen LogP contribution is -2.32. The Balaban J connectivity index is 2.55. The van der Waals surface area contributed by atoms with Crippen molar-refractivity contribution in [3.8, 4) is 0 Å². The van der Waals surface area contributed by atoms with Gasteiger partial charge in [-0.3, -0.25) is 4.79 Å². The average molecular weight is 270 g/mol. The summed E-state index contributed by atoms with van der Waals surface area (Å²) >= 11 is 0. The highest BCUT2D eigenvalue weighted by atomic mass is 19.3. The first-order valence-electron chi connectivity index (χ1n) is 4.78. The first-order valence-corrected chi connectivity index (χ1v) is 4.78. The molecule has 2 N–H and O–H groups in total. The third kappa shape index (κ3) is 3.77. The number of halogens is 4. The van der Waals surface area contributed by atoms with Crippen LogP contribution in [0, 0.1) is 0 Å². The second-order valence-electron chi connectivity index (χ2n) is 3.40. The predicted molar refractivity (Wildman–Crippen MR) is 51.4 cm³/mol. The van der Waals surface area contributed by atoms with Gasteiger partial charge in [0.05, 0.1) is 12.2 Å². The van der Waals surface area contributed by atoms with Gasteiger partial charge >= 0.3 is 12.3 Å². The van der Waals surface area contributed by atoms with E-state index in [1.54, 1.807) is 0 Å². The molecule has 1 heterocycles. The van der Waals surface area contributed by atoms with Crippen LogP contribution in [0.1, 0.15) is 11.4 Å². The van der Waals surface area contributed by atoms with Gasteiger partial charge in [0.2, 0.25) is 0 Å². The van der Waals surface area contributed by atoms with Crippen LogP contribution in [0.2, 0.25) is 0 Å². The number of nitrogens with one attached hydrogen (secondary N) is 1. The number of aliphatic hydroxyl groups excluding tert-OH is 1. The van der Waals surface area contributed by atoms with E-state index in [-0.39, 0.29) is 11.4 Å². The van der Waals surface area contributed by atoms with Crippen LogP contribution < -0.4 is 5.56 Å². The zero-order valence-electron chi connectivity index (χ0n) is 9.00. The summed E-state index contributed by atoms with van der Waals surface area (Å²) in [5.74, 6) is -4.34. The lowest BCUT2D eigenvalue weighted by atomic mass is 10.3. The lowest BCUT2D eigenvalue weighted by molar-refractivity contribution is -0.168. The molecule has 9 heteroatoms. The molecule has 102 valence electrons. The van der Waals surface area contributed by atoms with Crippen LogP contribution in [0.5, 0.6) is 0 Å². The summed E-state index contributed by atoms with van der Waals surface area (Å²) in [7, 11) is 0. The first-order chi connectivity index (χ1) is 8.36. The number of rotatable bonds is 6. The van der Waals surface area contributed by atoms with Gasteiger partial charge in [0.15, 0.2) is 0 Å². The van der Waals surface area contributed by atoms with Gasteiger partial charge in [0.1, 0.15) is 19.0 Å². The highest BCUT2D eigenvalue weighted by Gasteiger charge is 2.40. The van der Waals surface area contributed by atoms with Gasteiger partial charge in [-0.2, -0.15) is 8.78 Å². The summed E-state index contributed by atoms with van der Waals surface area (Å²) < 4.78 is 52.8. The normalized spacial score (nSPS) is 12.1. The Kier molecular flexibility index (Phi) is 4.79. The molecule has 1 rings (SSSR count). The molecule has 0 fully saturated rings. The van der Waals surface area contributed by atoms with Crippen molar-refractivity contribution in [3.05, 3.63) is 27.9 Å². The number of aromatic nitrogens is 2. The Morgan fingerprint density at radius 1 is 1.50 bits per heavy atom. The standard InChI is InChI=1S/C9H10F4N2O3/c10-8(11)9(12,13)4-18-3-6-14-1-5(2-16)7(17)15-6/h1,8,16H,2-4H2,(H,14,15,17). The summed E-state index contributed by atoms with van der Waals surface area (Å²) in [6.45, 7) is -2.54. The van der Waals surface area contributed by atoms with Crippen molar-refractivity contribution in [2.24, 2.45) is 0 Å². The second-order valence-corrected chi connectivity index (χ2v) is 3.40. The molecule has 0 unspecified atom stereocenters. The van der Waals surface area contributed by atoms with Gasteiger partial charge < -0.3 is 14.8 Å². The largest absolute Gasteiger partial charge is 0.391 e. The summed E-state index contributed by atoms with van der Waals surface area (Å²) in [4.78, 5) is 16.9. The number of H-pyrrole nitrogens is 1. The maximum absolute atomic E-state index is 12.4. The maximum atomic E-state index is 12.4. The van der Waals surface area contributed by atoms with Gasteiger partial charge in [-0.05, 0) is 0 Å². The SMILES string of the molecule is O=c1[nH]c(COCC(F)(F)C(F)F)ncc1CO. The molecular formula is C9H10F4N2O3. The Morgan fingerprint density at radius 3 is 2.67 bits per heavy atom. The van der Waals surface area contributed by atoms with E-state index in [1.807, 2.05) is 0 Å². The summed E-state index contributed by atoms with van der Waals surface area (Å²) in [5.41, 5.74) is -0.650. The zero-order chi connectivity index (χ0) is 13.8. The van der Waals surface area contributed by atoms with Crippen LogP contribution in [0.25, 0.3) is 0 Å². The van der Waals surface area contributed by atoms with Crippen molar-refractivity contribution >= 4 is 0 Å². The molecule has 0 aliphatic rings. The lowest BCUT2D eigenvalue weighted by Gasteiger charge is -2.14. The van der Waals surface area contributed by atoms with Crippen molar-refractivity contribution < 1.29 is 27.4 Å². The van der Waals surface area contributed by atoms with Crippen LogP contribution in [0.15, 0.2) is 11.0 Å². The highest BCUT2D eigenvalue weighted by Crippen LogP contribution is 2.22. The van der Waals surface area contributed by atoms with Crippen molar-refractivity contribution in [1.82, 2.24) is 9.97 Å². The molecule has 0 atom stereocenters. The van der Waals surface area contributed by atoms with E-state index in [0.717, 1.165) is 6.20 Å². The highest BCUT2D eigenvalue weighted by molar-refractivity contribution is 5.03. The molecule has 0 radical (unpaired) electrons. The van der Waals surface area contributed by atoms with E-state index >= 15 is 0 Å². The van der Waals surface area contributed by atoms with Gasteiger partial charge in [0, 0.05) is 6.20 Å². The average Bonchev–Trinajstić information content (AvgIpc) is 2.29. The van der Waals surface area contributed by atoms with E-state index in [0.29, 0.717) is 0 Å². The van der Waals surface area contributed by atoms with E-state index in [4.69, 9.17) is 5.11 Å². The Hall–Kier alpha value is -1.48. The van der Waals surface area contributed by atoms with Crippen molar-refractivity contribution in [2.75, 3.05) is 6.61 Å². The second kappa shape index (κ2) is 5.91. The van der Waals surface area contributed by atoms with Crippen molar-refractivity contribution in [2.45, 2.75) is 25.6 Å². The molecule has 0 aliphatic heterocycles. The van der Waals surface area contributed by atoms with Gasteiger partial charge in [-0.1, -0.05) is 0 Å². The van der Waals surface area contributed by atoms with Crippen LogP contribution in [0.4, 0.5) is 17.6 Å². The zero-order valence-corrected chi connectivity index (χ0v) is 9.00. The summed E-state index contributed by atoms with van der Waals surface area (Å²) in [6.07, 6.45) is -2.77. The maximum Gasteiger partial charge on any atom is 0.330 e. The number of aliphatic hydroxyl groups is 1. The molecule has 18 heavy (non-hydrogen) atoms. The predicted octanol–water partition coefficient (Wildman–Crippen LogP) is 0.679. The van der Waals surface area contributed by atoms with Crippen molar-refractivity contribution in [1.29, 1.82) is 0 Å². The van der Waals surface area contributed by atoms with E-state index in [2.05, 4.69) is 14.7 Å². The monoisotopic (exact) mass is 270 g/mol. The number of hydrogen-bond donors (Lipinski definition) is 2. The quantitative estimate of drug-likeness (QED) is 0.745. The third-order valence-corrected chi connectivity index (χ3v) is 1.95. The fourth-order valence-corrected chi connectivity index (χ4v) is 0.991. The molecular weight excluding hydrogens is 260 g/mol. The fourth-order valence-electron chi connectivity index (χ4n) is 0.991. The minimum atomic E-state index is -4.24. The van der Waals surface area contributed by atoms with E-state index in [9.17, 15) is 22.4 Å². The molecule has 0 saturated heterocycles. The molecule has 0 saturated carbocycles. The molecule has 5 nitrogen and oxygen atoms in total. The van der Waals surface area contributed by atoms with Crippen LogP contribution in [-0.2, 0) is 18.0 Å². The number of hydrogen-bond acceptors (Lipinski definition) is 4. The molecule has 0 aliphatic carbocycles. The minimum absolute atomic E-state index is 0.00309. The molecule has 0 amide bonds. The van der Waals surface area contributed by atoms with Crippen LogP contribution in [-0.4, -0.2) is 34.0 Å². The van der Waals surface area contributed by atoms with Crippen LogP contribution in [0.3, 0.4) is 0 Å². The number of nitrogens with zero attached hydrogens (tertiary/aromatic N) is 1. The van der Waals surface area contributed by atoms with E-state index in [1.165, 1.54) is 0 Å². The molecule has 0 bridgehead atoms. The van der Waals surface area contributed by atoms with Gasteiger partial charge in [0.25, 0.3) is 5.56 Å². The van der Waals surface area contributed by atoms with Crippen LogP contribution >= 0.6 is 0 Å². The smallest absolute Gasteiger partial charge is 0.330 e. The summed E-state index contributed by atoms with van der Waals surface area (Å²) in [6, 6.07) is 0. The van der Waals surface area contributed by atoms with E-state index < -0.39 is 37.7 Å². The third-order valence-electron chi connectivity index (χ3n) is 1.95. The number of ether oxygens (including phenoxy) is 1. The van der Waals surface area contributed by atoms with Crippen molar-refractivity contribution in [3.63, 3.8) is 0 Å². The number of aromatic amines is 1. The van der Waals surface area contributed by atoms with Gasteiger partial charge in [-0.25, -0.2) is 13.8 Å². The molecule has 1 aromatic rings. The summed E-state index contributed by atoms with van der Waals surface area (Å²) in [5, 5.41) is 8.68. The topological polar surface area (TPSA) is 75.2 Å². The molecule has 0 spiro atoms. The fraction of sp³-hybridized carbons (Fsp3) is 0.556. The molecule has 0 aromatic carbocycles. The molecule has 1 aromatic heterocycles. The Labute approximate surface area is 98.4 Å². The first kappa shape index (κ1) is 14.6. The Bertz CT molecular complexity index is 450. The minimum Gasteiger partial charge on any atom is -0.391 e. The number of alkyl halides is 4.